The smallest absolute Gasteiger partial charge is 0.411 e. The van der Waals surface area contributed by atoms with Gasteiger partial charge in [-0.05, 0) is 57.2 Å². The molecule has 1 aromatic carbocycles. The standard InChI is InChI=1S/C19H25NO3/c1-5-6-17(21)12-7-8-13-14(11-12)16-10-9-15(13)20(16)18(22)23-19(2,3)4/h7-8,11,15-16H,5-6,9-10H2,1-4H3. The number of ketones is 1. The highest BCUT2D eigenvalue weighted by molar-refractivity contribution is 5.96. The molecule has 1 aromatic rings. The van der Waals surface area contributed by atoms with Gasteiger partial charge in [-0.15, -0.1) is 0 Å². The van der Waals surface area contributed by atoms with Gasteiger partial charge in [0.05, 0.1) is 12.1 Å². The number of benzene rings is 1. The second-order valence-electron chi connectivity index (χ2n) is 7.51. The van der Waals surface area contributed by atoms with E-state index in [0.29, 0.717) is 6.42 Å². The molecule has 2 atom stereocenters. The summed E-state index contributed by atoms with van der Waals surface area (Å²) in [4.78, 5) is 26.6. The Kier molecular flexibility index (Phi) is 3.95. The molecule has 0 saturated carbocycles. The molecule has 1 fully saturated rings. The second-order valence-corrected chi connectivity index (χ2v) is 7.51. The molecule has 1 saturated heterocycles. The Morgan fingerprint density at radius 1 is 1.17 bits per heavy atom. The average molecular weight is 315 g/mol. The Morgan fingerprint density at radius 3 is 2.43 bits per heavy atom. The summed E-state index contributed by atoms with van der Waals surface area (Å²) >= 11 is 0. The second kappa shape index (κ2) is 5.66. The lowest BCUT2D eigenvalue weighted by Gasteiger charge is -2.27. The lowest BCUT2D eigenvalue weighted by Crippen LogP contribution is -2.34. The Hall–Kier alpha value is -1.84. The molecule has 3 rings (SSSR count). The molecule has 0 aliphatic carbocycles. The van der Waals surface area contributed by atoms with Crippen LogP contribution in [0.3, 0.4) is 0 Å². The monoisotopic (exact) mass is 315 g/mol. The fourth-order valence-electron chi connectivity index (χ4n) is 3.70. The van der Waals surface area contributed by atoms with Crippen molar-refractivity contribution in [2.24, 2.45) is 0 Å². The van der Waals surface area contributed by atoms with Crippen molar-refractivity contribution in [2.45, 2.75) is 71.1 Å². The molecule has 2 heterocycles. The van der Waals surface area contributed by atoms with Crippen LogP contribution in [0.25, 0.3) is 0 Å². The van der Waals surface area contributed by atoms with Crippen LogP contribution in [0.15, 0.2) is 18.2 Å². The van der Waals surface area contributed by atoms with E-state index in [2.05, 4.69) is 0 Å². The zero-order valence-electron chi connectivity index (χ0n) is 14.4. The summed E-state index contributed by atoms with van der Waals surface area (Å²) in [6.45, 7) is 7.67. The third kappa shape index (κ3) is 2.87. The highest BCUT2D eigenvalue weighted by atomic mass is 16.6. The first kappa shape index (κ1) is 16.0. The predicted molar refractivity (Wildman–Crippen MR) is 88.5 cm³/mol. The first-order chi connectivity index (χ1) is 10.8. The van der Waals surface area contributed by atoms with E-state index < -0.39 is 5.60 Å². The van der Waals surface area contributed by atoms with Gasteiger partial charge < -0.3 is 4.74 Å². The maximum Gasteiger partial charge on any atom is 0.411 e. The van der Waals surface area contributed by atoms with E-state index in [1.54, 1.807) is 0 Å². The number of carbonyl (C=O) groups is 2. The van der Waals surface area contributed by atoms with E-state index >= 15 is 0 Å². The zero-order valence-corrected chi connectivity index (χ0v) is 14.4. The summed E-state index contributed by atoms with van der Waals surface area (Å²) < 4.78 is 5.57. The minimum Gasteiger partial charge on any atom is -0.444 e. The molecule has 23 heavy (non-hydrogen) atoms. The van der Waals surface area contributed by atoms with Crippen molar-refractivity contribution in [3.8, 4) is 0 Å². The number of fused-ring (bicyclic) bond motifs is 5. The number of Topliss-reactive ketones (excluding diaryl/α,β-unsaturated/α-hetero) is 1. The number of hydrogen-bond donors (Lipinski definition) is 0. The molecular weight excluding hydrogens is 290 g/mol. The van der Waals surface area contributed by atoms with Gasteiger partial charge in [0, 0.05) is 12.0 Å². The van der Waals surface area contributed by atoms with Crippen LogP contribution in [0.4, 0.5) is 4.79 Å². The topological polar surface area (TPSA) is 46.6 Å². The zero-order chi connectivity index (χ0) is 16.8. The number of amides is 1. The Balaban J connectivity index is 1.87. The van der Waals surface area contributed by atoms with Crippen molar-refractivity contribution in [1.82, 2.24) is 4.90 Å². The van der Waals surface area contributed by atoms with Gasteiger partial charge >= 0.3 is 6.09 Å². The lowest BCUT2D eigenvalue weighted by atomic mass is 9.89. The number of hydrogen-bond acceptors (Lipinski definition) is 3. The third-order valence-corrected chi connectivity index (χ3v) is 4.59. The van der Waals surface area contributed by atoms with Crippen LogP contribution >= 0.6 is 0 Å². The Bertz CT molecular complexity index is 645. The van der Waals surface area contributed by atoms with Crippen LogP contribution in [0.1, 0.15) is 86.9 Å². The van der Waals surface area contributed by atoms with Crippen LogP contribution in [0.5, 0.6) is 0 Å². The first-order valence-corrected chi connectivity index (χ1v) is 8.50. The maximum atomic E-state index is 12.5. The fourth-order valence-corrected chi connectivity index (χ4v) is 3.70. The molecule has 0 N–H and O–H groups in total. The van der Waals surface area contributed by atoms with E-state index in [-0.39, 0.29) is 24.0 Å². The van der Waals surface area contributed by atoms with E-state index in [1.807, 2.05) is 50.8 Å². The van der Waals surface area contributed by atoms with E-state index in [1.165, 1.54) is 5.56 Å². The van der Waals surface area contributed by atoms with Gasteiger partial charge in [-0.25, -0.2) is 4.79 Å². The van der Waals surface area contributed by atoms with Crippen LogP contribution in [0.2, 0.25) is 0 Å². The van der Waals surface area contributed by atoms with Crippen LogP contribution in [-0.2, 0) is 4.74 Å². The highest BCUT2D eigenvalue weighted by Gasteiger charge is 2.47. The van der Waals surface area contributed by atoms with Gasteiger partial charge in [-0.2, -0.15) is 0 Å². The average Bonchev–Trinajstić information content (AvgIpc) is 3.02. The summed E-state index contributed by atoms with van der Waals surface area (Å²) in [7, 11) is 0. The molecular formula is C19H25NO3. The van der Waals surface area contributed by atoms with Crippen molar-refractivity contribution < 1.29 is 14.3 Å². The minimum absolute atomic E-state index is 0.0548. The van der Waals surface area contributed by atoms with Crippen LogP contribution in [0, 0.1) is 0 Å². The molecule has 1 amide bonds. The SMILES string of the molecule is CCCC(=O)c1ccc2c(c1)C1CCC2N1C(=O)OC(C)(C)C. The summed E-state index contributed by atoms with van der Waals surface area (Å²) in [6, 6.07) is 6.08. The minimum atomic E-state index is -0.493. The maximum absolute atomic E-state index is 12.5. The quantitative estimate of drug-likeness (QED) is 0.753. The molecule has 0 spiro atoms. The molecule has 0 aromatic heterocycles. The molecule has 0 radical (unpaired) electrons. The summed E-state index contributed by atoms with van der Waals surface area (Å²) in [6.07, 6.45) is 3.10. The van der Waals surface area contributed by atoms with Crippen molar-refractivity contribution in [2.75, 3.05) is 0 Å². The lowest BCUT2D eigenvalue weighted by molar-refractivity contribution is 0.0177. The van der Waals surface area contributed by atoms with Gasteiger partial charge in [0.1, 0.15) is 5.60 Å². The first-order valence-electron chi connectivity index (χ1n) is 8.50. The Morgan fingerprint density at radius 2 is 1.83 bits per heavy atom. The van der Waals surface area contributed by atoms with E-state index in [0.717, 1.165) is 30.4 Å². The van der Waals surface area contributed by atoms with Gasteiger partial charge in [0.15, 0.2) is 5.78 Å². The van der Waals surface area contributed by atoms with Crippen molar-refractivity contribution in [3.05, 3.63) is 34.9 Å². The fraction of sp³-hybridized carbons (Fsp3) is 0.579. The molecule has 4 heteroatoms. The summed E-state index contributed by atoms with van der Waals surface area (Å²) in [5.74, 6) is 0.182. The molecule has 2 bridgehead atoms. The number of ether oxygens (including phenoxy) is 1. The van der Waals surface area contributed by atoms with E-state index in [9.17, 15) is 9.59 Å². The normalized spacial score (nSPS) is 22.2. The van der Waals surface area contributed by atoms with Crippen molar-refractivity contribution >= 4 is 11.9 Å². The van der Waals surface area contributed by atoms with Crippen LogP contribution < -0.4 is 0 Å². The van der Waals surface area contributed by atoms with Gasteiger partial charge in [0.25, 0.3) is 0 Å². The largest absolute Gasteiger partial charge is 0.444 e. The number of nitrogens with zero attached hydrogens (tertiary/aromatic N) is 1. The highest BCUT2D eigenvalue weighted by Crippen LogP contribution is 2.53. The summed E-state index contributed by atoms with van der Waals surface area (Å²) in [5, 5.41) is 0. The molecule has 2 unspecified atom stereocenters. The molecule has 2 aliphatic rings. The van der Waals surface area contributed by atoms with Gasteiger partial charge in [-0.1, -0.05) is 19.1 Å². The molecule has 4 nitrogen and oxygen atoms in total. The van der Waals surface area contributed by atoms with Gasteiger partial charge in [0.2, 0.25) is 0 Å². The third-order valence-electron chi connectivity index (χ3n) is 4.59. The number of carbonyl (C=O) groups excluding carboxylic acids is 2. The van der Waals surface area contributed by atoms with Crippen molar-refractivity contribution in [3.63, 3.8) is 0 Å². The van der Waals surface area contributed by atoms with E-state index in [4.69, 9.17) is 4.74 Å². The van der Waals surface area contributed by atoms with Crippen LogP contribution in [-0.4, -0.2) is 22.4 Å². The number of rotatable bonds is 3. The molecule has 2 aliphatic heterocycles. The van der Waals surface area contributed by atoms with Crippen molar-refractivity contribution in [1.29, 1.82) is 0 Å². The predicted octanol–water partition coefficient (Wildman–Crippen LogP) is 4.80. The Labute approximate surface area is 137 Å². The van der Waals surface area contributed by atoms with Gasteiger partial charge in [-0.3, -0.25) is 9.69 Å². The molecule has 124 valence electrons. The summed E-state index contributed by atoms with van der Waals surface area (Å²) in [5.41, 5.74) is 2.59.